The van der Waals surface area contributed by atoms with Gasteiger partial charge in [-0.3, -0.25) is 4.90 Å². The van der Waals surface area contributed by atoms with Gasteiger partial charge in [-0.2, -0.15) is 0 Å². The van der Waals surface area contributed by atoms with Crippen LogP contribution in [-0.2, 0) is 6.42 Å². The number of aliphatic hydroxyl groups is 1. The zero-order valence-corrected chi connectivity index (χ0v) is 13.0. The van der Waals surface area contributed by atoms with E-state index in [1.165, 1.54) is 16.8 Å². The van der Waals surface area contributed by atoms with Crippen molar-refractivity contribution in [1.29, 1.82) is 0 Å². The van der Waals surface area contributed by atoms with Gasteiger partial charge in [0.25, 0.3) is 0 Å². The molecule has 0 unspecified atom stereocenters. The van der Waals surface area contributed by atoms with Crippen LogP contribution in [0, 0.1) is 0 Å². The molecule has 1 saturated heterocycles. The fourth-order valence-electron chi connectivity index (χ4n) is 3.03. The van der Waals surface area contributed by atoms with Crippen LogP contribution in [0.5, 0.6) is 0 Å². The van der Waals surface area contributed by atoms with Gasteiger partial charge in [-0.25, -0.2) is 0 Å². The van der Waals surface area contributed by atoms with E-state index in [1.807, 2.05) is 0 Å². The fraction of sp³-hybridized carbons (Fsp3) is 0.368. The molecular formula is C19H24N2O. The Balaban J connectivity index is 1.58. The van der Waals surface area contributed by atoms with Crippen molar-refractivity contribution >= 4 is 5.69 Å². The molecule has 1 heterocycles. The van der Waals surface area contributed by atoms with E-state index in [9.17, 15) is 0 Å². The minimum absolute atomic E-state index is 0.258. The fourth-order valence-corrected chi connectivity index (χ4v) is 3.03. The molecule has 2 aromatic carbocycles. The maximum Gasteiger partial charge on any atom is 0.0558 e. The minimum atomic E-state index is 0.258. The highest BCUT2D eigenvalue weighted by Crippen LogP contribution is 2.19. The smallest absolute Gasteiger partial charge is 0.0558 e. The molecule has 1 aliphatic rings. The Hall–Kier alpha value is -1.84. The second kappa shape index (κ2) is 7.43. The standard InChI is InChI=1S/C19H24N2O/c22-15-14-20-10-12-21(13-11-20)19-8-6-18(7-9-19)16-17-4-2-1-3-5-17/h1-9,22H,10-16H2. The molecule has 0 radical (unpaired) electrons. The van der Waals surface area contributed by atoms with Crippen LogP contribution in [0.25, 0.3) is 0 Å². The Labute approximate surface area is 132 Å². The molecule has 0 bridgehead atoms. The second-order valence-electron chi connectivity index (χ2n) is 5.88. The van der Waals surface area contributed by atoms with Crippen LogP contribution in [0.15, 0.2) is 54.6 Å². The third kappa shape index (κ3) is 3.87. The SMILES string of the molecule is OCCN1CCN(c2ccc(Cc3ccccc3)cc2)CC1. The Morgan fingerprint density at radius 1 is 0.773 bits per heavy atom. The third-order valence-electron chi connectivity index (χ3n) is 4.34. The van der Waals surface area contributed by atoms with Gasteiger partial charge in [0.2, 0.25) is 0 Å². The van der Waals surface area contributed by atoms with E-state index in [0.29, 0.717) is 0 Å². The van der Waals surface area contributed by atoms with Crippen molar-refractivity contribution in [3.05, 3.63) is 65.7 Å². The molecule has 0 spiro atoms. The van der Waals surface area contributed by atoms with E-state index in [0.717, 1.165) is 39.1 Å². The molecule has 22 heavy (non-hydrogen) atoms. The summed E-state index contributed by atoms with van der Waals surface area (Å²) >= 11 is 0. The lowest BCUT2D eigenvalue weighted by Gasteiger charge is -2.35. The predicted molar refractivity (Wildman–Crippen MR) is 91.4 cm³/mol. The number of aliphatic hydroxyl groups excluding tert-OH is 1. The molecule has 0 atom stereocenters. The highest BCUT2D eigenvalue weighted by molar-refractivity contribution is 5.48. The summed E-state index contributed by atoms with van der Waals surface area (Å²) in [5, 5.41) is 9.00. The summed E-state index contributed by atoms with van der Waals surface area (Å²) in [4.78, 5) is 4.75. The van der Waals surface area contributed by atoms with Gasteiger partial charge in [0.15, 0.2) is 0 Å². The first kappa shape index (κ1) is 15.1. The van der Waals surface area contributed by atoms with Gasteiger partial charge in [-0.05, 0) is 29.7 Å². The summed E-state index contributed by atoms with van der Waals surface area (Å²) in [6.07, 6.45) is 0.991. The maximum absolute atomic E-state index is 9.00. The van der Waals surface area contributed by atoms with Crippen LogP contribution in [-0.4, -0.2) is 49.3 Å². The van der Waals surface area contributed by atoms with E-state index in [2.05, 4.69) is 64.4 Å². The first-order valence-electron chi connectivity index (χ1n) is 8.06. The lowest BCUT2D eigenvalue weighted by molar-refractivity contribution is 0.189. The van der Waals surface area contributed by atoms with Crippen LogP contribution >= 0.6 is 0 Å². The van der Waals surface area contributed by atoms with Crippen LogP contribution in [0.4, 0.5) is 5.69 Å². The first-order valence-corrected chi connectivity index (χ1v) is 8.06. The zero-order valence-electron chi connectivity index (χ0n) is 13.0. The van der Waals surface area contributed by atoms with Crippen molar-refractivity contribution in [2.75, 3.05) is 44.2 Å². The van der Waals surface area contributed by atoms with Crippen molar-refractivity contribution in [2.24, 2.45) is 0 Å². The van der Waals surface area contributed by atoms with Gasteiger partial charge in [-0.15, -0.1) is 0 Å². The van der Waals surface area contributed by atoms with E-state index in [1.54, 1.807) is 0 Å². The summed E-state index contributed by atoms with van der Waals surface area (Å²) in [7, 11) is 0. The number of hydrogen-bond donors (Lipinski definition) is 1. The number of β-amino-alcohol motifs (C(OH)–C–C–N with tert-alkyl or cyclic N) is 1. The topological polar surface area (TPSA) is 26.7 Å². The Bertz CT molecular complexity index is 560. The van der Waals surface area contributed by atoms with Crippen LogP contribution in [0.2, 0.25) is 0 Å². The van der Waals surface area contributed by atoms with E-state index in [-0.39, 0.29) is 6.61 Å². The lowest BCUT2D eigenvalue weighted by Crippen LogP contribution is -2.47. The van der Waals surface area contributed by atoms with Crippen LogP contribution < -0.4 is 4.90 Å². The number of nitrogens with zero attached hydrogens (tertiary/aromatic N) is 2. The van der Waals surface area contributed by atoms with Crippen molar-refractivity contribution in [1.82, 2.24) is 4.90 Å². The number of rotatable bonds is 5. The molecule has 0 amide bonds. The highest BCUT2D eigenvalue weighted by Gasteiger charge is 2.16. The zero-order chi connectivity index (χ0) is 15.2. The van der Waals surface area contributed by atoms with E-state index >= 15 is 0 Å². The average molecular weight is 296 g/mol. The van der Waals surface area contributed by atoms with E-state index in [4.69, 9.17) is 5.11 Å². The summed E-state index contributed by atoms with van der Waals surface area (Å²) in [6.45, 7) is 5.20. The Kier molecular flexibility index (Phi) is 5.09. The number of benzene rings is 2. The normalized spacial score (nSPS) is 16.0. The summed E-state index contributed by atoms with van der Waals surface area (Å²) in [5.41, 5.74) is 4.02. The van der Waals surface area contributed by atoms with Crippen molar-refractivity contribution in [3.8, 4) is 0 Å². The molecule has 3 rings (SSSR count). The molecule has 3 heteroatoms. The van der Waals surface area contributed by atoms with Crippen molar-refractivity contribution in [3.63, 3.8) is 0 Å². The first-order chi connectivity index (χ1) is 10.8. The molecule has 1 fully saturated rings. The molecular weight excluding hydrogens is 272 g/mol. The summed E-state index contributed by atoms with van der Waals surface area (Å²) < 4.78 is 0. The average Bonchev–Trinajstić information content (AvgIpc) is 2.58. The van der Waals surface area contributed by atoms with Gasteiger partial charge in [0.1, 0.15) is 0 Å². The molecule has 0 saturated carbocycles. The van der Waals surface area contributed by atoms with Gasteiger partial charge in [0, 0.05) is 38.4 Å². The number of piperazine rings is 1. The molecule has 0 aliphatic carbocycles. The molecule has 116 valence electrons. The lowest BCUT2D eigenvalue weighted by atomic mass is 10.0. The molecule has 1 N–H and O–H groups in total. The second-order valence-corrected chi connectivity index (χ2v) is 5.88. The summed E-state index contributed by atoms with van der Waals surface area (Å²) in [5.74, 6) is 0. The van der Waals surface area contributed by atoms with Gasteiger partial charge < -0.3 is 10.0 Å². The van der Waals surface area contributed by atoms with E-state index < -0.39 is 0 Å². The van der Waals surface area contributed by atoms with Crippen molar-refractivity contribution in [2.45, 2.75) is 6.42 Å². The molecule has 3 nitrogen and oxygen atoms in total. The Morgan fingerprint density at radius 3 is 2.05 bits per heavy atom. The van der Waals surface area contributed by atoms with Gasteiger partial charge >= 0.3 is 0 Å². The van der Waals surface area contributed by atoms with Crippen LogP contribution in [0.1, 0.15) is 11.1 Å². The largest absolute Gasteiger partial charge is 0.395 e. The monoisotopic (exact) mass is 296 g/mol. The predicted octanol–water partition coefficient (Wildman–Crippen LogP) is 2.39. The molecule has 2 aromatic rings. The highest BCUT2D eigenvalue weighted by atomic mass is 16.3. The Morgan fingerprint density at radius 2 is 1.41 bits per heavy atom. The number of hydrogen-bond acceptors (Lipinski definition) is 3. The molecule has 1 aliphatic heterocycles. The van der Waals surface area contributed by atoms with Gasteiger partial charge in [0.05, 0.1) is 6.61 Å². The summed E-state index contributed by atoms with van der Waals surface area (Å²) in [6, 6.07) is 19.5. The van der Waals surface area contributed by atoms with Crippen LogP contribution in [0.3, 0.4) is 0 Å². The van der Waals surface area contributed by atoms with Crippen molar-refractivity contribution < 1.29 is 5.11 Å². The molecule has 0 aromatic heterocycles. The minimum Gasteiger partial charge on any atom is -0.395 e. The number of anilines is 1. The third-order valence-corrected chi connectivity index (χ3v) is 4.34. The quantitative estimate of drug-likeness (QED) is 0.918. The van der Waals surface area contributed by atoms with Gasteiger partial charge in [-0.1, -0.05) is 42.5 Å². The maximum atomic E-state index is 9.00.